The molecule has 0 radical (unpaired) electrons. The highest BCUT2D eigenvalue weighted by molar-refractivity contribution is 7.92. The summed E-state index contributed by atoms with van der Waals surface area (Å²) in [6.45, 7) is 8.95. The minimum absolute atomic E-state index is 0.207. The van der Waals surface area contributed by atoms with Crippen molar-refractivity contribution in [3.8, 4) is 0 Å². The van der Waals surface area contributed by atoms with Gasteiger partial charge in [0.05, 0.1) is 11.0 Å². The SMILES string of the molecule is C=CC(C(O)C(C)(C)C)S(=O)(=O)c1ccccc1. The van der Waals surface area contributed by atoms with Crippen molar-refractivity contribution in [3.63, 3.8) is 0 Å². The van der Waals surface area contributed by atoms with Gasteiger partial charge in [-0.25, -0.2) is 8.42 Å². The molecular formula is C14H20O3S. The van der Waals surface area contributed by atoms with Gasteiger partial charge in [0.1, 0.15) is 5.25 Å². The Balaban J connectivity index is 3.22. The molecule has 3 nitrogen and oxygen atoms in total. The predicted octanol–water partition coefficient (Wildman–Crippen LogP) is 2.42. The molecule has 0 heterocycles. The summed E-state index contributed by atoms with van der Waals surface area (Å²) in [5.74, 6) is 0. The first-order valence-corrected chi connectivity index (χ1v) is 7.35. The van der Waals surface area contributed by atoms with Crippen molar-refractivity contribution in [1.82, 2.24) is 0 Å². The summed E-state index contributed by atoms with van der Waals surface area (Å²) in [4.78, 5) is 0.207. The lowest BCUT2D eigenvalue weighted by atomic mass is 9.87. The van der Waals surface area contributed by atoms with Crippen LogP contribution in [0.4, 0.5) is 0 Å². The number of benzene rings is 1. The standard InChI is InChI=1S/C14H20O3S/c1-5-12(13(15)14(2,3)4)18(16,17)11-9-7-6-8-10-11/h5-10,12-13,15H,1H2,2-4H3. The van der Waals surface area contributed by atoms with Crippen LogP contribution in [0.25, 0.3) is 0 Å². The summed E-state index contributed by atoms with van der Waals surface area (Å²) in [6, 6.07) is 8.14. The molecule has 1 rings (SSSR count). The Morgan fingerprint density at radius 3 is 2.11 bits per heavy atom. The van der Waals surface area contributed by atoms with Crippen LogP contribution in [0.2, 0.25) is 0 Å². The van der Waals surface area contributed by atoms with Crippen molar-refractivity contribution in [2.24, 2.45) is 5.41 Å². The molecule has 0 saturated heterocycles. The minimum Gasteiger partial charge on any atom is -0.391 e. The average molecular weight is 268 g/mol. The first-order chi connectivity index (χ1) is 8.21. The summed E-state index contributed by atoms with van der Waals surface area (Å²) >= 11 is 0. The topological polar surface area (TPSA) is 54.4 Å². The maximum atomic E-state index is 12.4. The van der Waals surface area contributed by atoms with Gasteiger partial charge in [0.15, 0.2) is 9.84 Å². The Morgan fingerprint density at radius 1 is 1.22 bits per heavy atom. The van der Waals surface area contributed by atoms with E-state index in [1.807, 2.05) is 0 Å². The van der Waals surface area contributed by atoms with Crippen molar-refractivity contribution >= 4 is 9.84 Å². The molecule has 0 aliphatic heterocycles. The number of aliphatic hydroxyl groups is 1. The Kier molecular flexibility index (Phi) is 4.35. The molecule has 0 saturated carbocycles. The molecule has 0 aliphatic rings. The van der Waals surface area contributed by atoms with Gasteiger partial charge in [0, 0.05) is 0 Å². The van der Waals surface area contributed by atoms with Gasteiger partial charge in [-0.2, -0.15) is 0 Å². The van der Waals surface area contributed by atoms with E-state index >= 15 is 0 Å². The van der Waals surface area contributed by atoms with Crippen molar-refractivity contribution in [1.29, 1.82) is 0 Å². The summed E-state index contributed by atoms with van der Waals surface area (Å²) < 4.78 is 24.8. The van der Waals surface area contributed by atoms with Gasteiger partial charge < -0.3 is 5.11 Å². The molecule has 0 aliphatic carbocycles. The normalized spacial score (nSPS) is 16.0. The van der Waals surface area contributed by atoms with Crippen molar-refractivity contribution in [2.75, 3.05) is 0 Å². The van der Waals surface area contributed by atoms with Gasteiger partial charge in [0.2, 0.25) is 0 Å². The zero-order valence-corrected chi connectivity index (χ0v) is 11.8. The van der Waals surface area contributed by atoms with Crippen molar-refractivity contribution in [2.45, 2.75) is 37.0 Å². The second-order valence-corrected chi connectivity index (χ2v) is 7.47. The molecule has 4 heteroatoms. The van der Waals surface area contributed by atoms with E-state index < -0.39 is 26.6 Å². The smallest absolute Gasteiger partial charge is 0.187 e. The van der Waals surface area contributed by atoms with Crippen LogP contribution in [0.3, 0.4) is 0 Å². The summed E-state index contributed by atoms with van der Waals surface area (Å²) in [5.41, 5.74) is -0.527. The van der Waals surface area contributed by atoms with E-state index in [0.717, 1.165) is 0 Å². The minimum atomic E-state index is -3.60. The van der Waals surface area contributed by atoms with Crippen LogP contribution >= 0.6 is 0 Å². The fraction of sp³-hybridized carbons (Fsp3) is 0.429. The summed E-state index contributed by atoms with van der Waals surface area (Å²) in [6.07, 6.45) is 0.304. The van der Waals surface area contributed by atoms with Gasteiger partial charge >= 0.3 is 0 Å². The lowest BCUT2D eigenvalue weighted by molar-refractivity contribution is 0.0683. The van der Waals surface area contributed by atoms with E-state index in [9.17, 15) is 13.5 Å². The molecule has 0 bridgehead atoms. The molecule has 2 unspecified atom stereocenters. The van der Waals surface area contributed by atoms with Gasteiger partial charge in [-0.05, 0) is 17.5 Å². The van der Waals surface area contributed by atoms with Crippen LogP contribution in [0, 0.1) is 5.41 Å². The number of sulfone groups is 1. The molecule has 1 N–H and O–H groups in total. The molecule has 0 aromatic heterocycles. The highest BCUT2D eigenvalue weighted by atomic mass is 32.2. The Hall–Kier alpha value is -1.13. The van der Waals surface area contributed by atoms with E-state index in [0.29, 0.717) is 0 Å². The molecule has 18 heavy (non-hydrogen) atoms. The van der Waals surface area contributed by atoms with E-state index in [-0.39, 0.29) is 4.90 Å². The zero-order chi connectivity index (χ0) is 14.0. The number of hydrogen-bond donors (Lipinski definition) is 1. The fourth-order valence-corrected chi connectivity index (χ4v) is 3.54. The van der Waals surface area contributed by atoms with Gasteiger partial charge in [-0.15, -0.1) is 6.58 Å². The Bertz CT molecular complexity index is 498. The summed E-state index contributed by atoms with van der Waals surface area (Å²) in [7, 11) is -3.60. The fourth-order valence-electron chi connectivity index (χ4n) is 1.69. The second-order valence-electron chi connectivity index (χ2n) is 5.37. The van der Waals surface area contributed by atoms with Crippen molar-refractivity contribution < 1.29 is 13.5 Å². The monoisotopic (exact) mass is 268 g/mol. The van der Waals surface area contributed by atoms with Crippen LogP contribution in [0.1, 0.15) is 20.8 Å². The molecule has 1 aromatic rings. The van der Waals surface area contributed by atoms with E-state index in [1.165, 1.54) is 18.2 Å². The number of hydrogen-bond acceptors (Lipinski definition) is 3. The predicted molar refractivity (Wildman–Crippen MR) is 73.1 cm³/mol. The van der Waals surface area contributed by atoms with Crippen LogP contribution in [-0.4, -0.2) is 24.9 Å². The van der Waals surface area contributed by atoms with Crippen LogP contribution in [0.15, 0.2) is 47.9 Å². The molecular weight excluding hydrogens is 248 g/mol. The maximum Gasteiger partial charge on any atom is 0.187 e. The first kappa shape index (κ1) is 14.9. The lowest BCUT2D eigenvalue weighted by Gasteiger charge is -2.31. The zero-order valence-electron chi connectivity index (χ0n) is 11.0. The second kappa shape index (κ2) is 5.24. The van der Waals surface area contributed by atoms with E-state index in [4.69, 9.17) is 0 Å². The van der Waals surface area contributed by atoms with E-state index in [2.05, 4.69) is 6.58 Å². The quantitative estimate of drug-likeness (QED) is 0.853. The van der Waals surface area contributed by atoms with Crippen molar-refractivity contribution in [3.05, 3.63) is 43.0 Å². The largest absolute Gasteiger partial charge is 0.391 e. The molecule has 0 spiro atoms. The van der Waals surface area contributed by atoms with Crippen LogP contribution in [0.5, 0.6) is 0 Å². The molecule has 100 valence electrons. The molecule has 0 amide bonds. The van der Waals surface area contributed by atoms with Gasteiger partial charge in [0.25, 0.3) is 0 Å². The highest BCUT2D eigenvalue weighted by Gasteiger charge is 2.37. The average Bonchev–Trinajstić information content (AvgIpc) is 2.29. The highest BCUT2D eigenvalue weighted by Crippen LogP contribution is 2.29. The Morgan fingerprint density at radius 2 is 1.72 bits per heavy atom. The lowest BCUT2D eigenvalue weighted by Crippen LogP contribution is -2.41. The maximum absolute atomic E-state index is 12.4. The van der Waals surface area contributed by atoms with Gasteiger partial charge in [-0.3, -0.25) is 0 Å². The third-order valence-electron chi connectivity index (χ3n) is 2.86. The third-order valence-corrected chi connectivity index (χ3v) is 4.96. The van der Waals surface area contributed by atoms with E-state index in [1.54, 1.807) is 39.0 Å². The van der Waals surface area contributed by atoms with Gasteiger partial charge in [-0.1, -0.05) is 45.0 Å². The third kappa shape index (κ3) is 3.00. The molecule has 1 aromatic carbocycles. The molecule has 2 atom stereocenters. The van der Waals surface area contributed by atoms with Crippen LogP contribution < -0.4 is 0 Å². The van der Waals surface area contributed by atoms with Crippen LogP contribution in [-0.2, 0) is 9.84 Å². The first-order valence-electron chi connectivity index (χ1n) is 5.81. The number of rotatable bonds is 4. The Labute approximate surface area is 109 Å². The number of aliphatic hydroxyl groups excluding tert-OH is 1. The molecule has 0 fully saturated rings. The summed E-state index contributed by atoms with van der Waals surface area (Å²) in [5, 5.41) is 9.19.